The highest BCUT2D eigenvalue weighted by Gasteiger charge is 2.35. The largest absolute Gasteiger partial charge is 0.360 e. The van der Waals surface area contributed by atoms with E-state index in [1.54, 1.807) is 35.0 Å². The molecule has 4 aromatic carbocycles. The molecule has 1 aliphatic rings. The second-order valence-corrected chi connectivity index (χ2v) is 12.9. The van der Waals surface area contributed by atoms with E-state index in [0.29, 0.717) is 22.5 Å². The maximum atomic E-state index is 14.1. The van der Waals surface area contributed by atoms with Gasteiger partial charge in [0.25, 0.3) is 11.8 Å². The van der Waals surface area contributed by atoms with Gasteiger partial charge in [0.05, 0.1) is 16.8 Å². The molecule has 0 radical (unpaired) electrons. The third-order valence-corrected chi connectivity index (χ3v) is 9.42. The maximum Gasteiger partial charge on any atom is 0.262 e. The fourth-order valence-electron chi connectivity index (χ4n) is 5.39. The number of anilines is 3. The van der Waals surface area contributed by atoms with Crippen molar-refractivity contribution < 1.29 is 9.59 Å². The Morgan fingerprint density at radius 1 is 0.867 bits per heavy atom. The number of aliphatic imine (C=N–C) groups is 1. The van der Waals surface area contributed by atoms with Crippen LogP contribution in [0.2, 0.25) is 0 Å². The Kier molecular flexibility index (Phi) is 7.82. The van der Waals surface area contributed by atoms with E-state index in [9.17, 15) is 9.59 Å². The molecule has 0 aliphatic carbocycles. The van der Waals surface area contributed by atoms with Gasteiger partial charge < -0.3 is 10.6 Å². The first-order valence-electron chi connectivity index (χ1n) is 14.5. The monoisotopic (exact) mass is 624 g/mol. The molecule has 1 atom stereocenters. The summed E-state index contributed by atoms with van der Waals surface area (Å²) >= 11 is 3.27. The first-order chi connectivity index (χ1) is 22.0. The fraction of sp³-hybridized carbons (Fsp3) is 0.0541. The van der Waals surface area contributed by atoms with Gasteiger partial charge in [0.1, 0.15) is 6.17 Å². The van der Waals surface area contributed by atoms with Crippen molar-refractivity contribution in [3.05, 3.63) is 152 Å². The third-order valence-electron chi connectivity index (χ3n) is 7.56. The van der Waals surface area contributed by atoms with E-state index in [2.05, 4.69) is 34.7 Å². The summed E-state index contributed by atoms with van der Waals surface area (Å²) in [5, 5.41) is 8.63. The summed E-state index contributed by atoms with van der Waals surface area (Å²) in [6.07, 6.45) is 1.46. The lowest BCUT2D eigenvalue weighted by Gasteiger charge is -2.37. The van der Waals surface area contributed by atoms with E-state index in [0.717, 1.165) is 32.3 Å². The summed E-state index contributed by atoms with van der Waals surface area (Å²) < 4.78 is 0. The van der Waals surface area contributed by atoms with Gasteiger partial charge in [0, 0.05) is 37.9 Å². The molecular formula is C37H28N4O2S2. The molecule has 2 aromatic heterocycles. The van der Waals surface area contributed by atoms with Gasteiger partial charge in [-0.25, -0.2) is 0 Å². The smallest absolute Gasteiger partial charge is 0.262 e. The Labute approximate surface area is 269 Å². The van der Waals surface area contributed by atoms with Gasteiger partial charge in [0.2, 0.25) is 0 Å². The van der Waals surface area contributed by atoms with Crippen molar-refractivity contribution >= 4 is 63.5 Å². The van der Waals surface area contributed by atoms with Crippen LogP contribution in [-0.4, -0.2) is 18.0 Å². The number of carbonyl (C=O) groups is 2. The van der Waals surface area contributed by atoms with Crippen LogP contribution in [0, 0.1) is 6.92 Å². The van der Waals surface area contributed by atoms with Gasteiger partial charge in [0.15, 0.2) is 0 Å². The number of rotatable bonds is 7. The Hall–Kier alpha value is -5.31. The van der Waals surface area contributed by atoms with Crippen LogP contribution in [0.25, 0.3) is 11.1 Å². The van der Waals surface area contributed by atoms with Crippen LogP contribution in [-0.2, 0) is 0 Å². The number of para-hydroxylation sites is 2. The number of thiophene rings is 2. The number of nitrogens with one attached hydrogen (secondary N) is 2. The zero-order chi connectivity index (χ0) is 30.8. The molecule has 0 saturated heterocycles. The average Bonchev–Trinajstić information content (AvgIpc) is 3.76. The minimum absolute atomic E-state index is 0.0722. The highest BCUT2D eigenvalue weighted by Crippen LogP contribution is 2.40. The lowest BCUT2D eigenvalue weighted by Crippen LogP contribution is -2.42. The number of hydrogen-bond donors (Lipinski definition) is 2. The van der Waals surface area contributed by atoms with Gasteiger partial charge in [-0.05, 0) is 90.2 Å². The summed E-state index contributed by atoms with van der Waals surface area (Å²) in [5.74, 6) is -0.318. The minimum Gasteiger partial charge on any atom is -0.360 e. The van der Waals surface area contributed by atoms with Gasteiger partial charge in [-0.3, -0.25) is 19.5 Å². The normalized spacial score (nSPS) is 14.3. The van der Waals surface area contributed by atoms with Crippen molar-refractivity contribution in [2.45, 2.75) is 13.1 Å². The van der Waals surface area contributed by atoms with Crippen LogP contribution in [0.4, 0.5) is 22.7 Å². The van der Waals surface area contributed by atoms with Gasteiger partial charge in [-0.2, -0.15) is 0 Å². The van der Waals surface area contributed by atoms with Crippen LogP contribution in [0.15, 0.2) is 132 Å². The molecule has 0 fully saturated rings. The zero-order valence-electron chi connectivity index (χ0n) is 24.3. The molecule has 0 spiro atoms. The van der Waals surface area contributed by atoms with Gasteiger partial charge >= 0.3 is 0 Å². The summed E-state index contributed by atoms with van der Waals surface area (Å²) in [5.41, 5.74) is 5.69. The molecule has 0 bridgehead atoms. The second kappa shape index (κ2) is 12.4. The van der Waals surface area contributed by atoms with Crippen LogP contribution in [0.3, 0.4) is 0 Å². The summed E-state index contributed by atoms with van der Waals surface area (Å²) in [6, 6.07) is 38.7. The first kappa shape index (κ1) is 28.5. The molecule has 220 valence electrons. The molecule has 2 N–H and O–H groups in total. The van der Waals surface area contributed by atoms with Crippen molar-refractivity contribution in [2.24, 2.45) is 4.99 Å². The summed E-state index contributed by atoms with van der Waals surface area (Å²) in [6.45, 7) is 2.07. The standard InChI is InChI=1S/C37H28N4O2S2/c1-24-16-19-34(45-24)35-40-33-18-17-26(22-31(33)37(43)41(35)28-11-3-2-4-12-28)25-9-7-10-27(21-25)39-36(42)30-14-5-6-15-32(30)38-23-29-13-8-20-44-29/h2-23,35,40H,1H3,(H,39,42). The van der Waals surface area contributed by atoms with E-state index in [1.807, 2.05) is 113 Å². The molecule has 3 heterocycles. The Bertz CT molecular complexity index is 2030. The Morgan fingerprint density at radius 3 is 2.49 bits per heavy atom. The molecule has 45 heavy (non-hydrogen) atoms. The molecule has 7 rings (SSSR count). The van der Waals surface area contributed by atoms with E-state index in [1.165, 1.54) is 4.88 Å². The molecule has 2 amide bonds. The quantitative estimate of drug-likeness (QED) is 0.174. The third kappa shape index (κ3) is 5.93. The maximum absolute atomic E-state index is 14.1. The van der Waals surface area contributed by atoms with E-state index >= 15 is 0 Å². The Morgan fingerprint density at radius 2 is 1.69 bits per heavy atom. The van der Waals surface area contributed by atoms with Crippen LogP contribution >= 0.6 is 22.7 Å². The number of carbonyl (C=O) groups excluding carboxylic acids is 2. The van der Waals surface area contributed by atoms with Crippen molar-refractivity contribution in [1.82, 2.24) is 0 Å². The summed E-state index contributed by atoms with van der Waals surface area (Å²) in [4.78, 5) is 37.2. The van der Waals surface area contributed by atoms with E-state index < -0.39 is 0 Å². The first-order valence-corrected chi connectivity index (χ1v) is 16.2. The minimum atomic E-state index is -0.312. The van der Waals surface area contributed by atoms with Crippen LogP contribution in [0.5, 0.6) is 0 Å². The Balaban J connectivity index is 1.17. The van der Waals surface area contributed by atoms with Crippen molar-refractivity contribution in [2.75, 3.05) is 15.5 Å². The van der Waals surface area contributed by atoms with Crippen molar-refractivity contribution in [1.29, 1.82) is 0 Å². The molecule has 6 nitrogen and oxygen atoms in total. The van der Waals surface area contributed by atoms with Crippen LogP contribution < -0.4 is 15.5 Å². The highest BCUT2D eigenvalue weighted by molar-refractivity contribution is 7.12. The topological polar surface area (TPSA) is 73.8 Å². The van der Waals surface area contributed by atoms with Gasteiger partial charge in [-0.15, -0.1) is 22.7 Å². The SMILES string of the molecule is Cc1ccc(C2Nc3ccc(-c4cccc(NC(=O)c5ccccc5N=Cc5cccs5)c4)cc3C(=O)N2c2ccccc2)s1. The fourth-order valence-corrected chi connectivity index (χ4v) is 6.90. The number of amides is 2. The molecular weight excluding hydrogens is 597 g/mol. The van der Waals surface area contributed by atoms with Crippen molar-refractivity contribution in [3.63, 3.8) is 0 Å². The van der Waals surface area contributed by atoms with E-state index in [4.69, 9.17) is 0 Å². The second-order valence-electron chi connectivity index (χ2n) is 10.6. The zero-order valence-corrected chi connectivity index (χ0v) is 25.9. The number of aryl methyl sites for hydroxylation is 1. The lowest BCUT2D eigenvalue weighted by molar-refractivity contribution is 0.0974. The molecule has 1 unspecified atom stereocenters. The number of benzene rings is 4. The molecule has 8 heteroatoms. The van der Waals surface area contributed by atoms with Crippen LogP contribution in [0.1, 0.15) is 41.5 Å². The number of hydrogen-bond acceptors (Lipinski definition) is 6. The lowest BCUT2D eigenvalue weighted by atomic mass is 9.98. The predicted octanol–water partition coefficient (Wildman–Crippen LogP) is 9.56. The van der Waals surface area contributed by atoms with Gasteiger partial charge in [-0.1, -0.05) is 54.6 Å². The average molecular weight is 625 g/mol. The number of fused-ring (bicyclic) bond motifs is 1. The summed E-state index contributed by atoms with van der Waals surface area (Å²) in [7, 11) is 0. The predicted molar refractivity (Wildman–Crippen MR) is 187 cm³/mol. The molecule has 6 aromatic rings. The van der Waals surface area contributed by atoms with Crippen molar-refractivity contribution in [3.8, 4) is 11.1 Å². The number of nitrogens with zero attached hydrogens (tertiary/aromatic N) is 2. The highest BCUT2D eigenvalue weighted by atomic mass is 32.1. The van der Waals surface area contributed by atoms with E-state index in [-0.39, 0.29) is 18.0 Å². The molecule has 1 aliphatic heterocycles. The molecule has 0 saturated carbocycles.